The van der Waals surface area contributed by atoms with E-state index in [2.05, 4.69) is 5.16 Å². The van der Waals surface area contributed by atoms with Crippen LogP contribution in [0.5, 0.6) is 5.75 Å². The van der Waals surface area contributed by atoms with Crippen LogP contribution in [0.25, 0.3) is 11.3 Å². The lowest BCUT2D eigenvalue weighted by atomic mass is 10.1. The molecule has 106 valence electrons. The van der Waals surface area contributed by atoms with Crippen molar-refractivity contribution in [3.8, 4) is 17.1 Å². The second-order valence-corrected chi connectivity index (χ2v) is 3.92. The average Bonchev–Trinajstić information content (AvgIpc) is 2.90. The number of carboxylic acids is 1. The number of hydrogen-bond acceptors (Lipinski definition) is 5. The molecule has 1 aromatic carbocycles. The van der Waals surface area contributed by atoms with Gasteiger partial charge in [-0.2, -0.15) is 0 Å². The minimum Gasteiger partial charge on any atom is -0.495 e. The molecule has 20 heavy (non-hydrogen) atoms. The number of carboxylic acid groups (broad SMARTS) is 1. The molecule has 2 aromatic rings. The number of aromatic carboxylic acids is 1. The van der Waals surface area contributed by atoms with Crippen molar-refractivity contribution in [3.63, 3.8) is 0 Å². The number of methoxy groups -OCH3 is 2. The summed E-state index contributed by atoms with van der Waals surface area (Å²) >= 11 is 0. The molecule has 1 aromatic heterocycles. The third-order valence-corrected chi connectivity index (χ3v) is 2.69. The monoisotopic (exact) mass is 281 g/mol. The first-order chi connectivity index (χ1) is 9.58. The number of carbonyl (C=O) groups is 1. The van der Waals surface area contributed by atoms with Gasteiger partial charge in [-0.05, 0) is 12.1 Å². The molecule has 0 saturated heterocycles. The van der Waals surface area contributed by atoms with Gasteiger partial charge in [0.1, 0.15) is 11.6 Å². The zero-order valence-electron chi connectivity index (χ0n) is 10.8. The summed E-state index contributed by atoms with van der Waals surface area (Å²) < 4.78 is 28.8. The van der Waals surface area contributed by atoms with Crippen LogP contribution in [-0.4, -0.2) is 30.5 Å². The van der Waals surface area contributed by atoms with E-state index < -0.39 is 11.8 Å². The molecule has 0 aliphatic rings. The van der Waals surface area contributed by atoms with Gasteiger partial charge in [0, 0.05) is 13.2 Å². The summed E-state index contributed by atoms with van der Waals surface area (Å²) in [7, 11) is 2.81. The normalized spacial score (nSPS) is 10.6. The van der Waals surface area contributed by atoms with Crippen molar-refractivity contribution in [1.82, 2.24) is 5.16 Å². The Bertz CT molecular complexity index is 638. The molecule has 1 N–H and O–H groups in total. The number of hydrogen-bond donors (Lipinski definition) is 1. The number of benzene rings is 1. The molecule has 0 radical (unpaired) electrons. The van der Waals surface area contributed by atoms with Crippen LogP contribution in [0.2, 0.25) is 0 Å². The number of nitrogens with zero attached hydrogens (tertiary/aromatic N) is 1. The topological polar surface area (TPSA) is 81.8 Å². The summed E-state index contributed by atoms with van der Waals surface area (Å²) in [4.78, 5) is 10.8. The molecule has 6 nitrogen and oxygen atoms in total. The van der Waals surface area contributed by atoms with Gasteiger partial charge in [0.2, 0.25) is 0 Å². The summed E-state index contributed by atoms with van der Waals surface area (Å²) in [5.41, 5.74) is 0.390. The highest BCUT2D eigenvalue weighted by molar-refractivity contribution is 5.86. The second kappa shape index (κ2) is 5.70. The fraction of sp³-hybridized carbons (Fsp3) is 0.231. The van der Waals surface area contributed by atoms with Gasteiger partial charge in [-0.15, -0.1) is 0 Å². The Kier molecular flexibility index (Phi) is 3.99. The quantitative estimate of drug-likeness (QED) is 0.905. The second-order valence-electron chi connectivity index (χ2n) is 3.92. The molecule has 0 atom stereocenters. The third-order valence-electron chi connectivity index (χ3n) is 2.69. The van der Waals surface area contributed by atoms with E-state index in [0.29, 0.717) is 5.56 Å². The Labute approximate surface area is 113 Å². The van der Waals surface area contributed by atoms with Crippen LogP contribution < -0.4 is 4.74 Å². The lowest BCUT2D eigenvalue weighted by Crippen LogP contribution is -2.00. The summed E-state index contributed by atoms with van der Waals surface area (Å²) in [5.74, 6) is -1.29. The van der Waals surface area contributed by atoms with Crippen molar-refractivity contribution in [2.75, 3.05) is 14.2 Å². The lowest BCUT2D eigenvalue weighted by Gasteiger charge is -2.12. The number of halogens is 1. The molecule has 0 bridgehead atoms. The molecule has 0 saturated carbocycles. The minimum atomic E-state index is -1.21. The van der Waals surface area contributed by atoms with E-state index >= 15 is 0 Å². The molecule has 1 heterocycles. The van der Waals surface area contributed by atoms with Crippen LogP contribution in [0.1, 0.15) is 16.1 Å². The van der Waals surface area contributed by atoms with Crippen molar-refractivity contribution in [2.45, 2.75) is 6.61 Å². The summed E-state index contributed by atoms with van der Waals surface area (Å²) in [6.07, 6.45) is 0. The maximum atomic E-state index is 13.8. The summed E-state index contributed by atoms with van der Waals surface area (Å²) in [5, 5.41) is 12.2. The van der Waals surface area contributed by atoms with Gasteiger partial charge in [0.25, 0.3) is 0 Å². The molecule has 2 rings (SSSR count). The smallest absolute Gasteiger partial charge is 0.358 e. The van der Waals surface area contributed by atoms with Crippen molar-refractivity contribution < 1.29 is 28.3 Å². The number of ether oxygens (including phenoxy) is 2. The largest absolute Gasteiger partial charge is 0.495 e. The standard InChI is InChI=1S/C13H12FNO5/c1-18-6-8-9(14)4-3-7(12(8)19-2)11-5-10(13(16)17)15-20-11/h3-5H,6H2,1-2H3,(H,16,17). The molecule has 7 heteroatoms. The Morgan fingerprint density at radius 1 is 1.45 bits per heavy atom. The Morgan fingerprint density at radius 3 is 2.75 bits per heavy atom. The van der Waals surface area contributed by atoms with Crippen molar-refractivity contribution >= 4 is 5.97 Å². The molecular formula is C13H12FNO5. The fourth-order valence-electron chi connectivity index (χ4n) is 1.81. The predicted octanol–water partition coefficient (Wildman–Crippen LogP) is 2.33. The van der Waals surface area contributed by atoms with Gasteiger partial charge < -0.3 is 19.1 Å². The third kappa shape index (κ3) is 2.48. The van der Waals surface area contributed by atoms with Crippen molar-refractivity contribution in [3.05, 3.63) is 35.3 Å². The highest BCUT2D eigenvalue weighted by Gasteiger charge is 2.20. The first-order valence-electron chi connectivity index (χ1n) is 5.63. The van der Waals surface area contributed by atoms with Crippen molar-refractivity contribution in [1.29, 1.82) is 0 Å². The zero-order chi connectivity index (χ0) is 14.7. The van der Waals surface area contributed by atoms with Gasteiger partial charge in [-0.1, -0.05) is 5.16 Å². The number of rotatable bonds is 5. The first-order valence-corrected chi connectivity index (χ1v) is 5.63. The predicted molar refractivity (Wildman–Crippen MR) is 66.1 cm³/mol. The van der Waals surface area contributed by atoms with Crippen LogP contribution in [0.3, 0.4) is 0 Å². The minimum absolute atomic E-state index is 0.0166. The molecule has 0 aliphatic heterocycles. The maximum absolute atomic E-state index is 13.8. The van der Waals surface area contributed by atoms with Gasteiger partial charge >= 0.3 is 5.97 Å². The fourth-order valence-corrected chi connectivity index (χ4v) is 1.81. The van der Waals surface area contributed by atoms with E-state index in [4.69, 9.17) is 19.1 Å². The highest BCUT2D eigenvalue weighted by atomic mass is 19.1. The SMILES string of the molecule is COCc1c(F)ccc(-c2cc(C(=O)O)no2)c1OC. The summed E-state index contributed by atoms with van der Waals surface area (Å²) in [6, 6.07) is 3.91. The Hall–Kier alpha value is -2.41. The van der Waals surface area contributed by atoms with Crippen LogP contribution in [0.4, 0.5) is 4.39 Å². The van der Waals surface area contributed by atoms with Gasteiger partial charge in [-0.3, -0.25) is 0 Å². The van der Waals surface area contributed by atoms with E-state index in [0.717, 1.165) is 0 Å². The van der Waals surface area contributed by atoms with Gasteiger partial charge in [0.05, 0.1) is 24.8 Å². The zero-order valence-corrected chi connectivity index (χ0v) is 10.8. The average molecular weight is 281 g/mol. The van der Waals surface area contributed by atoms with Gasteiger partial charge in [0.15, 0.2) is 11.5 Å². The van der Waals surface area contributed by atoms with Gasteiger partial charge in [-0.25, -0.2) is 9.18 Å². The van der Waals surface area contributed by atoms with E-state index in [9.17, 15) is 9.18 Å². The highest BCUT2D eigenvalue weighted by Crippen LogP contribution is 2.35. The molecule has 0 amide bonds. The first kappa shape index (κ1) is 14.0. The molecular weight excluding hydrogens is 269 g/mol. The van der Waals surface area contributed by atoms with E-state index in [1.54, 1.807) is 0 Å². The van der Waals surface area contributed by atoms with E-state index in [-0.39, 0.29) is 29.4 Å². The lowest BCUT2D eigenvalue weighted by molar-refractivity contribution is 0.0686. The van der Waals surface area contributed by atoms with Crippen LogP contribution in [0, 0.1) is 5.82 Å². The summed E-state index contributed by atoms with van der Waals surface area (Å²) in [6.45, 7) is 0.0166. The van der Waals surface area contributed by atoms with Crippen LogP contribution in [-0.2, 0) is 11.3 Å². The van der Waals surface area contributed by atoms with Crippen LogP contribution in [0.15, 0.2) is 22.7 Å². The molecule has 0 fully saturated rings. The molecule has 0 unspecified atom stereocenters. The van der Waals surface area contributed by atoms with E-state index in [1.807, 2.05) is 0 Å². The maximum Gasteiger partial charge on any atom is 0.358 e. The Morgan fingerprint density at radius 2 is 2.20 bits per heavy atom. The van der Waals surface area contributed by atoms with Crippen molar-refractivity contribution in [2.24, 2.45) is 0 Å². The van der Waals surface area contributed by atoms with Crippen LogP contribution >= 0.6 is 0 Å². The Balaban J connectivity index is 2.55. The number of aromatic nitrogens is 1. The molecule has 0 spiro atoms. The molecule has 0 aliphatic carbocycles. The van der Waals surface area contributed by atoms with E-state index in [1.165, 1.54) is 32.4 Å².